The highest BCUT2D eigenvalue weighted by molar-refractivity contribution is 5.98. The van der Waals surface area contributed by atoms with Crippen molar-refractivity contribution in [2.45, 2.75) is 38.9 Å². The van der Waals surface area contributed by atoms with Gasteiger partial charge in [0.15, 0.2) is 17.4 Å². The van der Waals surface area contributed by atoms with Gasteiger partial charge in [-0.2, -0.15) is 0 Å². The van der Waals surface area contributed by atoms with Crippen LogP contribution in [0.3, 0.4) is 0 Å². The van der Waals surface area contributed by atoms with Crippen LogP contribution in [0.1, 0.15) is 33.3 Å². The molecule has 7 heteroatoms. The molecule has 1 heterocycles. The maximum Gasteiger partial charge on any atom is 0.324 e. The van der Waals surface area contributed by atoms with E-state index in [1.165, 1.54) is 35.2 Å². The lowest BCUT2D eigenvalue weighted by molar-refractivity contribution is -0.243. The fraction of sp³-hybridized carbons (Fsp3) is 0.556. The smallest absolute Gasteiger partial charge is 0.324 e. The molecule has 0 bridgehead atoms. The number of esters is 2. The van der Waals surface area contributed by atoms with Crippen molar-refractivity contribution in [3.05, 3.63) is 17.7 Å². The molecule has 1 saturated heterocycles. The summed E-state index contributed by atoms with van der Waals surface area (Å²) >= 11 is 0. The molecule has 0 amide bonds. The normalized spacial score (nSPS) is 17.6. The van der Waals surface area contributed by atoms with E-state index < -0.39 is 29.1 Å². The zero-order valence-electron chi connectivity index (χ0n) is 15.6. The standard InChI is InChI=1S/C18H24O7/c1-17(2,13-15(19)24-18(3,4)25-16(13)20)10-8-11(21-5)14(23-7)12(9-10)22-6/h8-9,13H,1-7H3. The van der Waals surface area contributed by atoms with E-state index in [1.807, 2.05) is 0 Å². The van der Waals surface area contributed by atoms with Crippen LogP contribution in [0.5, 0.6) is 17.2 Å². The van der Waals surface area contributed by atoms with Crippen molar-refractivity contribution in [3.8, 4) is 17.2 Å². The minimum absolute atomic E-state index is 0.430. The van der Waals surface area contributed by atoms with Crippen molar-refractivity contribution in [2.24, 2.45) is 5.92 Å². The van der Waals surface area contributed by atoms with Gasteiger partial charge in [-0.25, -0.2) is 0 Å². The van der Waals surface area contributed by atoms with Crippen LogP contribution in [0.2, 0.25) is 0 Å². The van der Waals surface area contributed by atoms with E-state index >= 15 is 0 Å². The first-order valence-electron chi connectivity index (χ1n) is 7.83. The lowest BCUT2D eigenvalue weighted by Gasteiger charge is -2.39. The number of hydrogen-bond donors (Lipinski definition) is 0. The average Bonchev–Trinajstić information content (AvgIpc) is 2.50. The molecule has 1 aromatic carbocycles. The summed E-state index contributed by atoms with van der Waals surface area (Å²) in [6.45, 7) is 6.56. The zero-order chi connectivity index (χ0) is 19.0. The largest absolute Gasteiger partial charge is 0.493 e. The Hall–Kier alpha value is -2.44. The van der Waals surface area contributed by atoms with E-state index in [0.29, 0.717) is 22.8 Å². The second-order valence-electron chi connectivity index (χ2n) is 6.81. The number of methoxy groups -OCH3 is 3. The molecule has 25 heavy (non-hydrogen) atoms. The molecular formula is C18H24O7. The average molecular weight is 352 g/mol. The molecule has 7 nitrogen and oxygen atoms in total. The van der Waals surface area contributed by atoms with Crippen molar-refractivity contribution in [3.63, 3.8) is 0 Å². The number of benzene rings is 1. The minimum Gasteiger partial charge on any atom is -0.493 e. The fourth-order valence-electron chi connectivity index (χ4n) is 2.93. The van der Waals surface area contributed by atoms with Crippen molar-refractivity contribution in [2.75, 3.05) is 21.3 Å². The third-order valence-corrected chi connectivity index (χ3v) is 4.29. The molecule has 0 spiro atoms. The summed E-state index contributed by atoms with van der Waals surface area (Å²) in [4.78, 5) is 24.9. The van der Waals surface area contributed by atoms with Crippen LogP contribution in [0.4, 0.5) is 0 Å². The Kier molecular flexibility index (Phi) is 4.88. The fourth-order valence-corrected chi connectivity index (χ4v) is 2.93. The first-order chi connectivity index (χ1) is 11.6. The van der Waals surface area contributed by atoms with Crippen LogP contribution in [0, 0.1) is 5.92 Å². The van der Waals surface area contributed by atoms with Crippen molar-refractivity contribution < 1.29 is 33.3 Å². The molecule has 138 valence electrons. The Morgan fingerprint density at radius 2 is 1.36 bits per heavy atom. The van der Waals surface area contributed by atoms with E-state index in [0.717, 1.165) is 0 Å². The molecule has 1 fully saturated rings. The molecular weight excluding hydrogens is 328 g/mol. The molecule has 1 aliphatic heterocycles. The van der Waals surface area contributed by atoms with Gasteiger partial charge in [-0.1, -0.05) is 13.8 Å². The van der Waals surface area contributed by atoms with Gasteiger partial charge < -0.3 is 23.7 Å². The quantitative estimate of drug-likeness (QED) is 0.595. The van der Waals surface area contributed by atoms with Gasteiger partial charge in [0.25, 0.3) is 5.79 Å². The maximum absolute atomic E-state index is 12.5. The van der Waals surface area contributed by atoms with Gasteiger partial charge >= 0.3 is 11.9 Å². The van der Waals surface area contributed by atoms with Gasteiger partial charge in [0.1, 0.15) is 0 Å². The van der Waals surface area contributed by atoms with Gasteiger partial charge in [0.05, 0.1) is 21.3 Å². The van der Waals surface area contributed by atoms with Gasteiger partial charge in [-0.3, -0.25) is 9.59 Å². The van der Waals surface area contributed by atoms with E-state index in [1.54, 1.807) is 26.0 Å². The lowest BCUT2D eigenvalue weighted by Crippen LogP contribution is -2.52. The van der Waals surface area contributed by atoms with Gasteiger partial charge in [0.2, 0.25) is 5.75 Å². The van der Waals surface area contributed by atoms with E-state index in [9.17, 15) is 9.59 Å². The third-order valence-electron chi connectivity index (χ3n) is 4.29. The number of hydrogen-bond acceptors (Lipinski definition) is 7. The number of carbonyl (C=O) groups is 2. The second kappa shape index (κ2) is 6.46. The summed E-state index contributed by atoms with van der Waals surface area (Å²) < 4.78 is 26.5. The highest BCUT2D eigenvalue weighted by atomic mass is 16.7. The van der Waals surface area contributed by atoms with Crippen molar-refractivity contribution >= 4 is 11.9 Å². The molecule has 0 saturated carbocycles. The lowest BCUT2D eigenvalue weighted by atomic mass is 9.72. The SMILES string of the molecule is COc1cc(C(C)(C)C2C(=O)OC(C)(C)OC2=O)cc(OC)c1OC. The highest BCUT2D eigenvalue weighted by Crippen LogP contribution is 2.45. The van der Waals surface area contributed by atoms with Crippen molar-refractivity contribution in [1.82, 2.24) is 0 Å². The Balaban J connectivity index is 2.52. The maximum atomic E-state index is 12.5. The number of cyclic esters (lactones) is 2. The Morgan fingerprint density at radius 1 is 0.920 bits per heavy atom. The molecule has 1 aliphatic rings. The predicted octanol–water partition coefficient (Wildman–Crippen LogP) is 2.44. The van der Waals surface area contributed by atoms with Crippen LogP contribution in [0.15, 0.2) is 12.1 Å². The highest BCUT2D eigenvalue weighted by Gasteiger charge is 2.51. The van der Waals surface area contributed by atoms with E-state index in [2.05, 4.69) is 0 Å². The Bertz CT molecular complexity index is 646. The molecule has 0 atom stereocenters. The van der Waals surface area contributed by atoms with Crippen molar-refractivity contribution in [1.29, 1.82) is 0 Å². The Labute approximate surface area is 147 Å². The van der Waals surface area contributed by atoms with E-state index in [-0.39, 0.29) is 0 Å². The number of carbonyl (C=O) groups excluding carboxylic acids is 2. The van der Waals surface area contributed by atoms with Gasteiger partial charge in [-0.05, 0) is 17.7 Å². The van der Waals surface area contributed by atoms with Crippen LogP contribution >= 0.6 is 0 Å². The van der Waals surface area contributed by atoms with Gasteiger partial charge in [0, 0.05) is 19.3 Å². The summed E-state index contributed by atoms with van der Waals surface area (Å²) in [5, 5.41) is 0. The zero-order valence-corrected chi connectivity index (χ0v) is 15.6. The van der Waals surface area contributed by atoms with Crippen LogP contribution in [-0.4, -0.2) is 39.1 Å². The summed E-state index contributed by atoms with van der Waals surface area (Å²) in [7, 11) is 4.50. The van der Waals surface area contributed by atoms with Crippen LogP contribution < -0.4 is 14.2 Å². The van der Waals surface area contributed by atoms with Gasteiger partial charge in [-0.15, -0.1) is 0 Å². The second-order valence-corrected chi connectivity index (χ2v) is 6.81. The number of rotatable bonds is 5. The molecule has 0 aliphatic carbocycles. The third kappa shape index (κ3) is 3.36. The number of ether oxygens (including phenoxy) is 5. The van der Waals surface area contributed by atoms with Crippen LogP contribution in [0.25, 0.3) is 0 Å². The molecule has 0 N–H and O–H groups in total. The summed E-state index contributed by atoms with van der Waals surface area (Å²) in [6.07, 6.45) is 0. The first kappa shape index (κ1) is 18.9. The summed E-state index contributed by atoms with van der Waals surface area (Å²) in [6, 6.07) is 3.42. The summed E-state index contributed by atoms with van der Waals surface area (Å²) in [5.74, 6) is -2.33. The van der Waals surface area contributed by atoms with E-state index in [4.69, 9.17) is 23.7 Å². The van der Waals surface area contributed by atoms with Crippen LogP contribution in [-0.2, 0) is 24.5 Å². The predicted molar refractivity (Wildman–Crippen MR) is 88.9 cm³/mol. The minimum atomic E-state index is -1.27. The molecule has 0 unspecified atom stereocenters. The monoisotopic (exact) mass is 352 g/mol. The topological polar surface area (TPSA) is 80.3 Å². The molecule has 0 radical (unpaired) electrons. The summed E-state index contributed by atoms with van der Waals surface area (Å²) in [5.41, 5.74) is -0.266. The first-order valence-corrected chi connectivity index (χ1v) is 7.83. The molecule has 1 aromatic rings. The molecule has 2 rings (SSSR count). The Morgan fingerprint density at radius 3 is 1.72 bits per heavy atom. The molecule has 0 aromatic heterocycles.